The molecule has 0 aliphatic carbocycles. The molecule has 4 aromatic rings. The quantitative estimate of drug-likeness (QED) is 0.336. The van der Waals surface area contributed by atoms with Crippen LogP contribution in [0.15, 0.2) is 95.6 Å². The number of carbonyl (C=O) groups is 3. The minimum Gasteiger partial charge on any atom is -0.459 e. The Labute approximate surface area is 235 Å². The van der Waals surface area contributed by atoms with E-state index in [0.29, 0.717) is 37.4 Å². The second-order valence-electron chi connectivity index (χ2n) is 9.62. The number of amides is 3. The zero-order valence-electron chi connectivity index (χ0n) is 22.1. The van der Waals surface area contributed by atoms with Gasteiger partial charge >= 0.3 is 0 Å². The summed E-state index contributed by atoms with van der Waals surface area (Å²) >= 11 is 0. The van der Waals surface area contributed by atoms with E-state index < -0.39 is 23.4 Å². The maximum Gasteiger partial charge on any atom is 0.290 e. The number of anilines is 2. The maximum absolute atomic E-state index is 14.0. The molecule has 1 aromatic heterocycles. The first kappa shape index (κ1) is 27.6. The molecule has 210 valence electrons. The summed E-state index contributed by atoms with van der Waals surface area (Å²) in [6, 6.07) is 22.1. The van der Waals surface area contributed by atoms with E-state index in [-0.39, 0.29) is 30.3 Å². The molecule has 8 nitrogen and oxygen atoms in total. The third-order valence-corrected chi connectivity index (χ3v) is 6.83. The standard InChI is InChI=1S/C31H28F2N4O4/c32-23-9-7-22(8-10-23)20-37(31(40)28-6-3-19-41-28)21-29(38)34-24-11-13-25(14-12-24)35-15-17-36(18-16-35)30(39)26-4-1-2-5-27(26)33/h1-14,19H,15-18,20-21H2,(H,34,38). The van der Waals surface area contributed by atoms with Gasteiger partial charge in [-0.05, 0) is 66.2 Å². The van der Waals surface area contributed by atoms with Gasteiger partial charge < -0.3 is 24.4 Å². The highest BCUT2D eigenvalue weighted by atomic mass is 19.1. The molecule has 0 saturated carbocycles. The number of benzene rings is 3. The van der Waals surface area contributed by atoms with Crippen LogP contribution in [-0.2, 0) is 11.3 Å². The highest BCUT2D eigenvalue weighted by Crippen LogP contribution is 2.21. The first-order valence-corrected chi connectivity index (χ1v) is 13.1. The first-order chi connectivity index (χ1) is 19.9. The van der Waals surface area contributed by atoms with E-state index in [1.165, 1.54) is 41.5 Å². The van der Waals surface area contributed by atoms with E-state index in [1.54, 1.807) is 47.4 Å². The van der Waals surface area contributed by atoms with Crippen LogP contribution >= 0.6 is 0 Å². The van der Waals surface area contributed by atoms with Crippen molar-refractivity contribution in [1.82, 2.24) is 9.80 Å². The molecule has 2 heterocycles. The Morgan fingerprint density at radius 2 is 1.54 bits per heavy atom. The van der Waals surface area contributed by atoms with Gasteiger partial charge in [0, 0.05) is 44.1 Å². The molecule has 3 aromatic carbocycles. The largest absolute Gasteiger partial charge is 0.459 e. The fourth-order valence-corrected chi connectivity index (χ4v) is 4.67. The molecule has 3 amide bonds. The second kappa shape index (κ2) is 12.5. The van der Waals surface area contributed by atoms with Gasteiger partial charge in [0.2, 0.25) is 5.91 Å². The van der Waals surface area contributed by atoms with Crippen molar-refractivity contribution < 1.29 is 27.6 Å². The maximum atomic E-state index is 14.0. The predicted molar refractivity (Wildman–Crippen MR) is 149 cm³/mol. The number of carbonyl (C=O) groups excluding carboxylic acids is 3. The van der Waals surface area contributed by atoms with Crippen molar-refractivity contribution in [1.29, 1.82) is 0 Å². The first-order valence-electron chi connectivity index (χ1n) is 13.1. The highest BCUT2D eigenvalue weighted by Gasteiger charge is 2.25. The lowest BCUT2D eigenvalue weighted by Gasteiger charge is -2.36. The van der Waals surface area contributed by atoms with Crippen LogP contribution in [0.1, 0.15) is 26.5 Å². The summed E-state index contributed by atoms with van der Waals surface area (Å²) < 4.78 is 32.6. The molecule has 10 heteroatoms. The minimum absolute atomic E-state index is 0.0723. The van der Waals surface area contributed by atoms with E-state index in [1.807, 2.05) is 12.1 Å². The van der Waals surface area contributed by atoms with Gasteiger partial charge in [-0.2, -0.15) is 0 Å². The van der Waals surface area contributed by atoms with Gasteiger partial charge in [-0.25, -0.2) is 8.78 Å². The summed E-state index contributed by atoms with van der Waals surface area (Å²) in [6.07, 6.45) is 1.38. The lowest BCUT2D eigenvalue weighted by molar-refractivity contribution is -0.117. The number of nitrogens with zero attached hydrogens (tertiary/aromatic N) is 3. The van der Waals surface area contributed by atoms with Gasteiger partial charge in [-0.15, -0.1) is 0 Å². The van der Waals surface area contributed by atoms with E-state index in [0.717, 1.165) is 5.69 Å². The van der Waals surface area contributed by atoms with E-state index >= 15 is 0 Å². The molecule has 1 saturated heterocycles. The normalized spacial score (nSPS) is 13.1. The summed E-state index contributed by atoms with van der Waals surface area (Å²) in [5.74, 6) is -2.00. The van der Waals surface area contributed by atoms with Crippen molar-refractivity contribution in [3.63, 3.8) is 0 Å². The summed E-state index contributed by atoms with van der Waals surface area (Å²) in [5.41, 5.74) is 2.22. The molecule has 0 spiro atoms. The number of nitrogens with one attached hydrogen (secondary N) is 1. The van der Waals surface area contributed by atoms with Gasteiger partial charge in [-0.1, -0.05) is 24.3 Å². The predicted octanol–water partition coefficient (Wildman–Crippen LogP) is 4.80. The smallest absolute Gasteiger partial charge is 0.290 e. The van der Waals surface area contributed by atoms with Crippen LogP contribution in [0.3, 0.4) is 0 Å². The fourth-order valence-electron chi connectivity index (χ4n) is 4.67. The van der Waals surface area contributed by atoms with E-state index in [2.05, 4.69) is 10.2 Å². The summed E-state index contributed by atoms with van der Waals surface area (Å²) in [4.78, 5) is 43.7. The molecule has 1 aliphatic heterocycles. The summed E-state index contributed by atoms with van der Waals surface area (Å²) in [5, 5.41) is 2.81. The lowest BCUT2D eigenvalue weighted by atomic mass is 10.1. The van der Waals surface area contributed by atoms with Crippen molar-refractivity contribution in [3.05, 3.63) is 120 Å². The Hall–Kier alpha value is -4.99. The minimum atomic E-state index is -0.526. The zero-order chi connectivity index (χ0) is 28.8. The van der Waals surface area contributed by atoms with Gasteiger partial charge in [-0.3, -0.25) is 14.4 Å². The molecule has 0 atom stereocenters. The van der Waals surface area contributed by atoms with Crippen molar-refractivity contribution in [3.8, 4) is 0 Å². The van der Waals surface area contributed by atoms with Crippen LogP contribution < -0.4 is 10.2 Å². The van der Waals surface area contributed by atoms with Crippen molar-refractivity contribution in [2.24, 2.45) is 0 Å². The summed E-state index contributed by atoms with van der Waals surface area (Å²) in [6.45, 7) is 1.94. The van der Waals surface area contributed by atoms with E-state index in [4.69, 9.17) is 4.42 Å². The van der Waals surface area contributed by atoms with Crippen LogP contribution in [-0.4, -0.2) is 60.2 Å². The van der Waals surface area contributed by atoms with Crippen LogP contribution in [0, 0.1) is 11.6 Å². The van der Waals surface area contributed by atoms with Crippen LogP contribution in [0.4, 0.5) is 20.2 Å². The second-order valence-corrected chi connectivity index (χ2v) is 9.62. The molecular formula is C31H28F2N4O4. The highest BCUT2D eigenvalue weighted by molar-refractivity contribution is 5.98. The topological polar surface area (TPSA) is 86.1 Å². The van der Waals surface area contributed by atoms with Crippen molar-refractivity contribution in [2.45, 2.75) is 6.54 Å². The Balaban J connectivity index is 1.17. The van der Waals surface area contributed by atoms with Crippen LogP contribution in [0.25, 0.3) is 0 Å². The van der Waals surface area contributed by atoms with Crippen LogP contribution in [0.5, 0.6) is 0 Å². The van der Waals surface area contributed by atoms with Gasteiger partial charge in [0.1, 0.15) is 18.2 Å². The van der Waals surface area contributed by atoms with Gasteiger partial charge in [0.05, 0.1) is 11.8 Å². The molecule has 1 N–H and O–H groups in total. The zero-order valence-corrected chi connectivity index (χ0v) is 22.1. The monoisotopic (exact) mass is 558 g/mol. The molecule has 5 rings (SSSR count). The molecular weight excluding hydrogens is 530 g/mol. The lowest BCUT2D eigenvalue weighted by Crippen LogP contribution is -2.49. The van der Waals surface area contributed by atoms with Crippen molar-refractivity contribution >= 4 is 29.1 Å². The van der Waals surface area contributed by atoms with Crippen molar-refractivity contribution in [2.75, 3.05) is 42.9 Å². The number of furan rings is 1. The molecule has 0 bridgehead atoms. The van der Waals surface area contributed by atoms with Gasteiger partial charge in [0.15, 0.2) is 5.76 Å². The average molecular weight is 559 g/mol. The Bertz CT molecular complexity index is 1500. The Morgan fingerprint density at radius 3 is 2.20 bits per heavy atom. The molecule has 0 unspecified atom stereocenters. The molecule has 41 heavy (non-hydrogen) atoms. The van der Waals surface area contributed by atoms with E-state index in [9.17, 15) is 23.2 Å². The summed E-state index contributed by atoms with van der Waals surface area (Å²) in [7, 11) is 0. The Morgan fingerprint density at radius 1 is 0.829 bits per heavy atom. The van der Waals surface area contributed by atoms with Gasteiger partial charge in [0.25, 0.3) is 11.8 Å². The number of hydrogen-bond acceptors (Lipinski definition) is 5. The third kappa shape index (κ3) is 6.78. The number of halogens is 2. The molecule has 1 fully saturated rings. The Kier molecular flexibility index (Phi) is 8.38. The molecule has 1 aliphatic rings. The van der Waals surface area contributed by atoms with Crippen LogP contribution in [0.2, 0.25) is 0 Å². The third-order valence-electron chi connectivity index (χ3n) is 6.83. The number of rotatable bonds is 8. The number of piperazine rings is 1. The molecule has 0 radical (unpaired) electrons. The fraction of sp³-hybridized carbons (Fsp3) is 0.194. The SMILES string of the molecule is O=C(CN(Cc1ccc(F)cc1)C(=O)c1ccco1)Nc1ccc(N2CCN(C(=O)c3ccccc3F)CC2)cc1. The number of hydrogen-bond donors (Lipinski definition) is 1. The average Bonchev–Trinajstić information content (AvgIpc) is 3.53.